The lowest BCUT2D eigenvalue weighted by Crippen LogP contribution is -2.45. The van der Waals surface area contributed by atoms with Crippen LogP contribution in [0, 0.1) is 23.7 Å². The second-order valence-electron chi connectivity index (χ2n) is 8.96. The van der Waals surface area contributed by atoms with Crippen LogP contribution in [0.3, 0.4) is 0 Å². The molecule has 1 aliphatic heterocycles. The van der Waals surface area contributed by atoms with E-state index >= 15 is 0 Å². The van der Waals surface area contributed by atoms with Crippen LogP contribution < -0.4 is 5.32 Å². The summed E-state index contributed by atoms with van der Waals surface area (Å²) in [7, 11) is 0. The van der Waals surface area contributed by atoms with Gasteiger partial charge in [0.2, 0.25) is 0 Å². The van der Waals surface area contributed by atoms with E-state index in [-0.39, 0.29) is 24.8 Å². The molecule has 0 bridgehead atoms. The Morgan fingerprint density at radius 1 is 1.23 bits per heavy atom. The number of carbonyl (C=O) groups excluding carboxylic acids is 1. The Bertz CT molecular complexity index is 883. The molecule has 31 heavy (non-hydrogen) atoms. The minimum atomic E-state index is -1.01. The molecular formula is C24H29NO6. The number of aliphatic carboxylic acids is 1. The van der Waals surface area contributed by atoms with E-state index in [2.05, 4.69) is 18.5 Å². The molecule has 8 unspecified atom stereocenters. The number of hydrogen-bond acceptors (Lipinski definition) is 6. The lowest BCUT2D eigenvalue weighted by atomic mass is 9.78. The summed E-state index contributed by atoms with van der Waals surface area (Å²) in [5.41, 5.74) is 2.32. The Kier molecular flexibility index (Phi) is 6.01. The summed E-state index contributed by atoms with van der Waals surface area (Å²) in [6.45, 7) is 8.21. The van der Waals surface area contributed by atoms with Crippen LogP contribution in [-0.4, -0.2) is 58.2 Å². The smallest absolute Gasteiger partial charge is 0.321 e. The van der Waals surface area contributed by atoms with Crippen LogP contribution >= 0.6 is 0 Å². The number of nitrogens with one attached hydrogen (secondary N) is 1. The molecule has 2 saturated carbocycles. The average Bonchev–Trinajstić information content (AvgIpc) is 3.18. The predicted molar refractivity (Wildman–Crippen MR) is 113 cm³/mol. The fraction of sp³-hybridized carbons (Fsp3) is 0.500. The molecule has 0 radical (unpaired) electrons. The zero-order valence-corrected chi connectivity index (χ0v) is 17.3. The van der Waals surface area contributed by atoms with Crippen molar-refractivity contribution in [1.29, 1.82) is 0 Å². The van der Waals surface area contributed by atoms with E-state index in [0.717, 1.165) is 11.1 Å². The van der Waals surface area contributed by atoms with Gasteiger partial charge in [-0.3, -0.25) is 9.59 Å². The summed E-state index contributed by atoms with van der Waals surface area (Å²) in [5, 5.41) is 33.9. The largest absolute Gasteiger partial charge is 0.480 e. The first-order chi connectivity index (χ1) is 14.8. The monoisotopic (exact) mass is 427 g/mol. The Balaban J connectivity index is 1.52. The highest BCUT2D eigenvalue weighted by Crippen LogP contribution is 2.52. The third-order valence-corrected chi connectivity index (χ3v) is 7.12. The predicted octanol–water partition coefficient (Wildman–Crippen LogP) is 1.30. The van der Waals surface area contributed by atoms with Crippen LogP contribution in [0.25, 0.3) is 0 Å². The van der Waals surface area contributed by atoms with Crippen LogP contribution in [0.4, 0.5) is 0 Å². The average molecular weight is 427 g/mol. The molecule has 0 aromatic heterocycles. The van der Waals surface area contributed by atoms with Crippen molar-refractivity contribution in [2.75, 3.05) is 6.54 Å². The molecule has 1 heterocycles. The minimum Gasteiger partial charge on any atom is -0.480 e. The maximum atomic E-state index is 12.8. The van der Waals surface area contributed by atoms with E-state index in [1.165, 1.54) is 0 Å². The zero-order chi connectivity index (χ0) is 22.3. The highest BCUT2D eigenvalue weighted by Gasteiger charge is 2.57. The SMILES string of the molecule is C=C1CC(O)C2C(CNC(Cc3ccccc3)C(=O)O)C(=O)OC2C2C(=C)C(O)CC12. The van der Waals surface area contributed by atoms with Gasteiger partial charge in [-0.15, -0.1) is 0 Å². The van der Waals surface area contributed by atoms with E-state index < -0.39 is 48.1 Å². The van der Waals surface area contributed by atoms with Crippen molar-refractivity contribution in [3.8, 4) is 0 Å². The number of benzene rings is 1. The van der Waals surface area contributed by atoms with Gasteiger partial charge in [0.25, 0.3) is 0 Å². The van der Waals surface area contributed by atoms with Gasteiger partial charge in [-0.2, -0.15) is 0 Å². The number of carboxylic acids is 1. The highest BCUT2D eigenvalue weighted by molar-refractivity contribution is 5.77. The lowest BCUT2D eigenvalue weighted by Gasteiger charge is -2.28. The third-order valence-electron chi connectivity index (χ3n) is 7.12. The maximum absolute atomic E-state index is 12.8. The number of carboxylic acid groups (broad SMARTS) is 1. The third kappa shape index (κ3) is 4.05. The summed E-state index contributed by atoms with van der Waals surface area (Å²) in [5.74, 6) is -3.02. The van der Waals surface area contributed by atoms with Gasteiger partial charge in [-0.05, 0) is 36.3 Å². The van der Waals surface area contributed by atoms with Crippen molar-refractivity contribution in [1.82, 2.24) is 5.32 Å². The number of hydrogen-bond donors (Lipinski definition) is 4. The van der Waals surface area contributed by atoms with Crippen LogP contribution in [0.1, 0.15) is 18.4 Å². The molecule has 1 saturated heterocycles. The van der Waals surface area contributed by atoms with Crippen LogP contribution in [0.5, 0.6) is 0 Å². The summed E-state index contributed by atoms with van der Waals surface area (Å²) < 4.78 is 5.72. The molecule has 1 aromatic rings. The van der Waals surface area contributed by atoms with E-state index in [1.54, 1.807) is 0 Å². The molecule has 166 valence electrons. The molecule has 0 amide bonds. The van der Waals surface area contributed by atoms with E-state index in [4.69, 9.17) is 4.74 Å². The van der Waals surface area contributed by atoms with Crippen LogP contribution in [-0.2, 0) is 20.7 Å². The van der Waals surface area contributed by atoms with Crippen molar-refractivity contribution >= 4 is 11.9 Å². The van der Waals surface area contributed by atoms with Crippen molar-refractivity contribution in [3.63, 3.8) is 0 Å². The number of aliphatic hydroxyl groups excluding tert-OH is 2. The van der Waals surface area contributed by atoms with Crippen LogP contribution in [0.2, 0.25) is 0 Å². The van der Waals surface area contributed by atoms with Gasteiger partial charge in [-0.1, -0.05) is 49.1 Å². The molecule has 4 rings (SSSR count). The molecule has 3 aliphatic rings. The zero-order valence-electron chi connectivity index (χ0n) is 17.3. The molecule has 3 fully saturated rings. The van der Waals surface area contributed by atoms with Gasteiger partial charge >= 0.3 is 11.9 Å². The Morgan fingerprint density at radius 3 is 2.61 bits per heavy atom. The standard InChI is InChI=1S/C24H29NO6/c1-12-8-19(27)21-16(11-25-17(23(28)29)9-14-6-4-3-5-7-14)24(30)31-22(21)20-13(2)18(26)10-15(12)20/h3-7,15-22,25-27H,1-2,8-11H2,(H,28,29). The molecular weight excluding hydrogens is 398 g/mol. The molecule has 1 aromatic carbocycles. The summed E-state index contributed by atoms with van der Waals surface area (Å²) in [6, 6.07) is 8.40. The number of rotatable bonds is 6. The lowest BCUT2D eigenvalue weighted by molar-refractivity contribution is -0.146. The number of fused-ring (bicyclic) bond motifs is 3. The summed E-state index contributed by atoms with van der Waals surface area (Å²) in [6.07, 6.45) is -1.04. The maximum Gasteiger partial charge on any atom is 0.321 e. The van der Waals surface area contributed by atoms with Crippen LogP contribution in [0.15, 0.2) is 54.6 Å². The molecule has 2 aliphatic carbocycles. The van der Waals surface area contributed by atoms with Gasteiger partial charge in [0.15, 0.2) is 0 Å². The number of aliphatic hydroxyl groups is 2. The molecule has 4 N–H and O–H groups in total. The van der Waals surface area contributed by atoms with Gasteiger partial charge < -0.3 is 25.4 Å². The second kappa shape index (κ2) is 8.57. The Hall–Kier alpha value is -2.48. The number of esters is 1. The molecule has 7 heteroatoms. The quantitative estimate of drug-likeness (QED) is 0.399. The fourth-order valence-electron chi connectivity index (χ4n) is 5.51. The normalized spacial score (nSPS) is 35.8. The van der Waals surface area contributed by atoms with E-state index in [9.17, 15) is 24.9 Å². The van der Waals surface area contributed by atoms with Crippen molar-refractivity contribution < 1.29 is 29.6 Å². The van der Waals surface area contributed by atoms with Crippen molar-refractivity contribution in [2.45, 2.75) is 43.6 Å². The first-order valence-corrected chi connectivity index (χ1v) is 10.7. The molecule has 0 spiro atoms. The first-order valence-electron chi connectivity index (χ1n) is 10.7. The van der Waals surface area contributed by atoms with Gasteiger partial charge in [0, 0.05) is 18.4 Å². The first kappa shape index (κ1) is 21.7. The topological polar surface area (TPSA) is 116 Å². The second-order valence-corrected chi connectivity index (χ2v) is 8.96. The van der Waals surface area contributed by atoms with Gasteiger partial charge in [0.05, 0.1) is 18.1 Å². The summed E-state index contributed by atoms with van der Waals surface area (Å²) in [4.78, 5) is 24.5. The molecule has 7 nitrogen and oxygen atoms in total. The fourth-order valence-corrected chi connectivity index (χ4v) is 5.51. The van der Waals surface area contributed by atoms with Crippen molar-refractivity contribution in [3.05, 3.63) is 60.2 Å². The van der Waals surface area contributed by atoms with E-state index in [0.29, 0.717) is 18.4 Å². The minimum absolute atomic E-state index is 0.0831. The number of carbonyl (C=O) groups is 2. The Labute approximate surface area is 181 Å². The van der Waals surface area contributed by atoms with Gasteiger partial charge in [-0.25, -0.2) is 0 Å². The van der Waals surface area contributed by atoms with E-state index in [1.807, 2.05) is 30.3 Å². The highest BCUT2D eigenvalue weighted by atomic mass is 16.6. The van der Waals surface area contributed by atoms with Crippen molar-refractivity contribution in [2.24, 2.45) is 23.7 Å². The Morgan fingerprint density at radius 2 is 1.94 bits per heavy atom. The summed E-state index contributed by atoms with van der Waals surface area (Å²) >= 11 is 0. The molecule has 8 atom stereocenters. The number of ether oxygens (including phenoxy) is 1. The van der Waals surface area contributed by atoms with Gasteiger partial charge in [0.1, 0.15) is 12.1 Å².